The van der Waals surface area contributed by atoms with Crippen molar-refractivity contribution < 1.29 is 19.4 Å². The fourth-order valence-electron chi connectivity index (χ4n) is 2.54. The van der Waals surface area contributed by atoms with Gasteiger partial charge in [0.25, 0.3) is 0 Å². The van der Waals surface area contributed by atoms with Gasteiger partial charge in [0.05, 0.1) is 11.5 Å². The van der Waals surface area contributed by atoms with E-state index >= 15 is 0 Å². The molecular weight excluding hydrogens is 246 g/mol. The van der Waals surface area contributed by atoms with Crippen LogP contribution in [0.15, 0.2) is 0 Å². The van der Waals surface area contributed by atoms with Crippen molar-refractivity contribution in [2.75, 3.05) is 7.11 Å². The van der Waals surface area contributed by atoms with Crippen molar-refractivity contribution in [1.29, 1.82) is 0 Å². The number of carbonyl (C=O) groups excluding carboxylic acids is 1. The molecule has 0 bridgehead atoms. The monoisotopic (exact) mass is 271 g/mol. The molecule has 0 spiro atoms. The molecule has 3 unspecified atom stereocenters. The van der Waals surface area contributed by atoms with Crippen LogP contribution in [0.1, 0.15) is 52.4 Å². The lowest BCUT2D eigenvalue weighted by atomic mass is 9.71. The average molecular weight is 271 g/mol. The number of methoxy groups -OCH3 is 1. The summed E-state index contributed by atoms with van der Waals surface area (Å²) in [6, 6.07) is -0.260. The molecule has 1 fully saturated rings. The van der Waals surface area contributed by atoms with Gasteiger partial charge in [-0.1, -0.05) is 12.8 Å². The summed E-state index contributed by atoms with van der Waals surface area (Å²) in [5, 5.41) is 12.3. The maximum atomic E-state index is 11.9. The van der Waals surface area contributed by atoms with E-state index in [1.165, 1.54) is 0 Å². The standard InChI is InChI=1S/C14H25NO4/c1-10(19-3)7-8-12(16)15-11-6-4-5-9-14(11,2)13(17)18/h10-11H,4-9H2,1-3H3,(H,15,16)(H,17,18). The highest BCUT2D eigenvalue weighted by Crippen LogP contribution is 2.36. The van der Waals surface area contributed by atoms with E-state index in [4.69, 9.17) is 4.74 Å². The van der Waals surface area contributed by atoms with E-state index in [9.17, 15) is 14.7 Å². The molecule has 3 atom stereocenters. The van der Waals surface area contributed by atoms with E-state index in [1.54, 1.807) is 14.0 Å². The van der Waals surface area contributed by atoms with Crippen LogP contribution < -0.4 is 5.32 Å². The molecule has 0 aromatic rings. The van der Waals surface area contributed by atoms with Crippen LogP contribution in [0, 0.1) is 5.41 Å². The molecule has 5 heteroatoms. The predicted octanol–water partition coefficient (Wildman–Crippen LogP) is 1.95. The Morgan fingerprint density at radius 2 is 2.16 bits per heavy atom. The van der Waals surface area contributed by atoms with Gasteiger partial charge in [0, 0.05) is 19.6 Å². The van der Waals surface area contributed by atoms with Crippen LogP contribution in [0.2, 0.25) is 0 Å². The normalized spacial score (nSPS) is 28.7. The number of carboxylic acid groups (broad SMARTS) is 1. The third-order valence-corrected chi connectivity index (χ3v) is 4.21. The van der Waals surface area contributed by atoms with Gasteiger partial charge in [0.1, 0.15) is 0 Å². The summed E-state index contributed by atoms with van der Waals surface area (Å²) >= 11 is 0. The van der Waals surface area contributed by atoms with Gasteiger partial charge >= 0.3 is 5.97 Å². The van der Waals surface area contributed by atoms with E-state index in [0.717, 1.165) is 19.3 Å². The minimum Gasteiger partial charge on any atom is -0.481 e. The smallest absolute Gasteiger partial charge is 0.311 e. The van der Waals surface area contributed by atoms with Crippen LogP contribution in [0.3, 0.4) is 0 Å². The van der Waals surface area contributed by atoms with Gasteiger partial charge in [-0.05, 0) is 33.1 Å². The highest BCUT2D eigenvalue weighted by atomic mass is 16.5. The van der Waals surface area contributed by atoms with Crippen LogP contribution in [0.4, 0.5) is 0 Å². The number of hydrogen-bond donors (Lipinski definition) is 2. The van der Waals surface area contributed by atoms with Crippen molar-refractivity contribution in [3.63, 3.8) is 0 Å². The average Bonchev–Trinajstić information content (AvgIpc) is 2.38. The lowest BCUT2D eigenvalue weighted by Crippen LogP contribution is -2.52. The molecule has 2 N–H and O–H groups in total. The molecule has 0 aromatic heterocycles. The predicted molar refractivity (Wildman–Crippen MR) is 71.8 cm³/mol. The summed E-state index contributed by atoms with van der Waals surface area (Å²) in [4.78, 5) is 23.3. The lowest BCUT2D eigenvalue weighted by molar-refractivity contribution is -0.152. The first kappa shape index (κ1) is 16.0. The van der Waals surface area contributed by atoms with E-state index in [0.29, 0.717) is 19.3 Å². The number of rotatable bonds is 6. The summed E-state index contributed by atoms with van der Waals surface area (Å²) in [5.41, 5.74) is -0.833. The van der Waals surface area contributed by atoms with Crippen LogP contribution in [0.5, 0.6) is 0 Å². The zero-order chi connectivity index (χ0) is 14.5. The Balaban J connectivity index is 2.53. The van der Waals surface area contributed by atoms with Gasteiger partial charge in [-0.15, -0.1) is 0 Å². The van der Waals surface area contributed by atoms with Gasteiger partial charge in [-0.25, -0.2) is 0 Å². The van der Waals surface area contributed by atoms with Gasteiger partial charge in [-0.2, -0.15) is 0 Å². The van der Waals surface area contributed by atoms with Crippen LogP contribution in [0.25, 0.3) is 0 Å². The van der Waals surface area contributed by atoms with E-state index in [2.05, 4.69) is 5.32 Å². The fraction of sp³-hybridized carbons (Fsp3) is 0.857. The molecule has 19 heavy (non-hydrogen) atoms. The van der Waals surface area contributed by atoms with Gasteiger partial charge in [-0.3, -0.25) is 9.59 Å². The maximum absolute atomic E-state index is 11.9. The van der Waals surface area contributed by atoms with Crippen LogP contribution in [-0.4, -0.2) is 36.2 Å². The third kappa shape index (κ3) is 4.20. The Morgan fingerprint density at radius 3 is 2.74 bits per heavy atom. The third-order valence-electron chi connectivity index (χ3n) is 4.21. The van der Waals surface area contributed by atoms with Gasteiger partial charge in [0.2, 0.25) is 5.91 Å². The second-order valence-electron chi connectivity index (χ2n) is 5.67. The molecule has 0 heterocycles. The van der Waals surface area contributed by atoms with Crippen molar-refractivity contribution in [1.82, 2.24) is 5.32 Å². The highest BCUT2D eigenvalue weighted by Gasteiger charge is 2.43. The maximum Gasteiger partial charge on any atom is 0.311 e. The first-order chi connectivity index (χ1) is 8.90. The van der Waals surface area contributed by atoms with Gasteiger partial charge < -0.3 is 15.2 Å². The molecule has 1 amide bonds. The van der Waals surface area contributed by atoms with Gasteiger partial charge in [0.15, 0.2) is 0 Å². The number of ether oxygens (including phenoxy) is 1. The van der Waals surface area contributed by atoms with E-state index < -0.39 is 11.4 Å². The largest absolute Gasteiger partial charge is 0.481 e. The minimum absolute atomic E-state index is 0.0444. The Bertz CT molecular complexity index is 331. The quantitative estimate of drug-likeness (QED) is 0.774. The number of carbonyl (C=O) groups is 2. The second kappa shape index (κ2) is 6.89. The summed E-state index contributed by atoms with van der Waals surface area (Å²) in [7, 11) is 1.62. The molecule has 0 radical (unpaired) electrons. The number of carboxylic acids is 1. The molecule has 0 saturated heterocycles. The summed E-state index contributed by atoms with van der Waals surface area (Å²) in [5.74, 6) is -0.897. The Kier molecular flexibility index (Phi) is 5.79. The molecule has 1 aliphatic carbocycles. The van der Waals surface area contributed by atoms with Crippen LogP contribution in [-0.2, 0) is 14.3 Å². The summed E-state index contributed by atoms with van der Waals surface area (Å²) < 4.78 is 5.10. The van der Waals surface area contributed by atoms with Crippen molar-refractivity contribution in [2.24, 2.45) is 5.41 Å². The Labute approximate surface area is 114 Å². The van der Waals surface area contributed by atoms with Crippen molar-refractivity contribution in [2.45, 2.75) is 64.5 Å². The van der Waals surface area contributed by atoms with E-state index in [1.807, 2.05) is 6.92 Å². The number of amides is 1. The Hall–Kier alpha value is -1.10. The number of aliphatic carboxylic acids is 1. The molecule has 110 valence electrons. The van der Waals surface area contributed by atoms with Crippen LogP contribution >= 0.6 is 0 Å². The first-order valence-corrected chi connectivity index (χ1v) is 6.95. The summed E-state index contributed by atoms with van der Waals surface area (Å²) in [6.45, 7) is 3.65. The molecule has 5 nitrogen and oxygen atoms in total. The molecule has 1 saturated carbocycles. The minimum atomic E-state index is -0.833. The van der Waals surface area contributed by atoms with Crippen molar-refractivity contribution >= 4 is 11.9 Å². The van der Waals surface area contributed by atoms with Crippen molar-refractivity contribution in [3.8, 4) is 0 Å². The molecule has 1 rings (SSSR count). The number of nitrogens with one attached hydrogen (secondary N) is 1. The van der Waals surface area contributed by atoms with Crippen molar-refractivity contribution in [3.05, 3.63) is 0 Å². The SMILES string of the molecule is COC(C)CCC(=O)NC1CCCCC1(C)C(=O)O. The Morgan fingerprint density at radius 1 is 1.47 bits per heavy atom. The zero-order valence-corrected chi connectivity index (χ0v) is 12.1. The second-order valence-corrected chi connectivity index (χ2v) is 5.67. The summed E-state index contributed by atoms with van der Waals surface area (Å²) in [6.07, 6.45) is 4.33. The fourth-order valence-corrected chi connectivity index (χ4v) is 2.54. The molecule has 1 aliphatic rings. The first-order valence-electron chi connectivity index (χ1n) is 6.95. The highest BCUT2D eigenvalue weighted by molar-refractivity contribution is 5.79. The molecular formula is C14H25NO4. The molecule has 0 aromatic carbocycles. The van der Waals surface area contributed by atoms with E-state index in [-0.39, 0.29) is 18.1 Å². The molecule has 0 aliphatic heterocycles. The zero-order valence-electron chi connectivity index (χ0n) is 12.1. The number of hydrogen-bond acceptors (Lipinski definition) is 3. The lowest BCUT2D eigenvalue weighted by Gasteiger charge is -2.38. The topological polar surface area (TPSA) is 75.6 Å².